The minimum absolute atomic E-state index is 0.0777. The second-order valence-corrected chi connectivity index (χ2v) is 6.62. The number of carbonyl (C=O) groups excluding carboxylic acids is 1. The van der Waals surface area contributed by atoms with Gasteiger partial charge in [-0.05, 0) is 25.1 Å². The number of carbonyl (C=O) groups is 1. The molecule has 0 fully saturated rings. The average Bonchev–Trinajstić information content (AvgIpc) is 2.46. The van der Waals surface area contributed by atoms with Gasteiger partial charge in [-0.2, -0.15) is 0 Å². The molecule has 1 rings (SSSR count). The van der Waals surface area contributed by atoms with E-state index in [9.17, 15) is 13.2 Å². The van der Waals surface area contributed by atoms with Crippen molar-refractivity contribution >= 4 is 16.1 Å². The third-order valence-electron chi connectivity index (χ3n) is 2.80. The van der Waals surface area contributed by atoms with Crippen molar-refractivity contribution in [1.82, 2.24) is 15.4 Å². The van der Waals surface area contributed by atoms with Gasteiger partial charge in [0, 0.05) is 6.54 Å². The first-order valence-corrected chi connectivity index (χ1v) is 8.16. The second-order valence-electron chi connectivity index (χ2n) is 4.69. The maximum Gasteiger partial charge on any atom is 0.315 e. The summed E-state index contributed by atoms with van der Waals surface area (Å²) in [6.07, 6.45) is 0. The SMILES string of the molecule is CNS(=O)(=O)Cc1ccc(CNC(=O)NC(C)CO)cc1. The molecule has 4 N–H and O–H groups in total. The van der Waals surface area contributed by atoms with Crippen molar-refractivity contribution in [3.05, 3.63) is 35.4 Å². The number of aliphatic hydroxyl groups is 1. The summed E-state index contributed by atoms with van der Waals surface area (Å²) in [5, 5.41) is 14.0. The Morgan fingerprint density at radius 2 is 1.81 bits per heavy atom. The third kappa shape index (κ3) is 6.56. The molecule has 1 atom stereocenters. The lowest BCUT2D eigenvalue weighted by Crippen LogP contribution is -2.41. The topological polar surface area (TPSA) is 108 Å². The molecule has 21 heavy (non-hydrogen) atoms. The molecule has 0 aliphatic rings. The first-order valence-electron chi connectivity index (χ1n) is 6.50. The Hall–Kier alpha value is -1.64. The molecule has 0 bridgehead atoms. The predicted octanol–water partition coefficient (Wildman–Crippen LogP) is -0.0842. The molecule has 0 heterocycles. The lowest BCUT2D eigenvalue weighted by Gasteiger charge is -2.12. The maximum atomic E-state index is 11.5. The first-order chi connectivity index (χ1) is 9.86. The van der Waals surface area contributed by atoms with Crippen LogP contribution in [0.5, 0.6) is 0 Å². The third-order valence-corrected chi connectivity index (χ3v) is 4.13. The quantitative estimate of drug-likeness (QED) is 0.564. The van der Waals surface area contributed by atoms with Crippen LogP contribution < -0.4 is 15.4 Å². The summed E-state index contributed by atoms with van der Waals surface area (Å²) in [6, 6.07) is 6.27. The molecule has 0 aliphatic carbocycles. The second kappa shape index (κ2) is 7.96. The maximum absolute atomic E-state index is 11.5. The van der Waals surface area contributed by atoms with Crippen molar-refractivity contribution in [2.75, 3.05) is 13.7 Å². The van der Waals surface area contributed by atoms with Gasteiger partial charge < -0.3 is 15.7 Å². The highest BCUT2D eigenvalue weighted by molar-refractivity contribution is 7.88. The van der Waals surface area contributed by atoms with Crippen LogP contribution in [0.25, 0.3) is 0 Å². The van der Waals surface area contributed by atoms with Crippen LogP contribution in [0, 0.1) is 0 Å². The van der Waals surface area contributed by atoms with Gasteiger partial charge in [-0.1, -0.05) is 24.3 Å². The van der Waals surface area contributed by atoms with Crippen molar-refractivity contribution in [2.24, 2.45) is 0 Å². The number of rotatable bonds is 7. The van der Waals surface area contributed by atoms with E-state index in [1.165, 1.54) is 7.05 Å². The molecular weight excluding hydrogens is 294 g/mol. The predicted molar refractivity (Wildman–Crippen MR) is 80.0 cm³/mol. The van der Waals surface area contributed by atoms with Crippen molar-refractivity contribution in [3.8, 4) is 0 Å². The van der Waals surface area contributed by atoms with E-state index >= 15 is 0 Å². The fourth-order valence-corrected chi connectivity index (χ4v) is 2.32. The molecule has 0 radical (unpaired) electrons. The van der Waals surface area contributed by atoms with E-state index in [0.717, 1.165) is 5.56 Å². The van der Waals surface area contributed by atoms with Crippen molar-refractivity contribution < 1.29 is 18.3 Å². The summed E-state index contributed by atoms with van der Waals surface area (Å²) in [6.45, 7) is 1.89. The fourth-order valence-electron chi connectivity index (χ4n) is 1.55. The van der Waals surface area contributed by atoms with Crippen LogP contribution in [-0.4, -0.2) is 39.3 Å². The van der Waals surface area contributed by atoms with Gasteiger partial charge in [0.2, 0.25) is 10.0 Å². The molecule has 2 amide bonds. The van der Waals surface area contributed by atoms with Gasteiger partial charge in [0.05, 0.1) is 18.4 Å². The molecule has 0 spiro atoms. The summed E-state index contributed by atoms with van der Waals surface area (Å²) in [5.41, 5.74) is 1.53. The van der Waals surface area contributed by atoms with E-state index < -0.39 is 10.0 Å². The van der Waals surface area contributed by atoms with Gasteiger partial charge in [-0.3, -0.25) is 0 Å². The van der Waals surface area contributed by atoms with Gasteiger partial charge in [0.1, 0.15) is 0 Å². The monoisotopic (exact) mass is 315 g/mol. The van der Waals surface area contributed by atoms with Crippen LogP contribution in [-0.2, 0) is 22.3 Å². The minimum atomic E-state index is -3.28. The molecule has 7 nitrogen and oxygen atoms in total. The molecule has 1 aromatic rings. The van der Waals surface area contributed by atoms with Gasteiger partial charge in [-0.25, -0.2) is 17.9 Å². The fraction of sp³-hybridized carbons (Fsp3) is 0.462. The molecular formula is C13H21N3O4S. The Labute approximate surface area is 124 Å². The van der Waals surface area contributed by atoms with Crippen LogP contribution in [0.3, 0.4) is 0 Å². The number of hydrogen-bond acceptors (Lipinski definition) is 4. The Morgan fingerprint density at radius 1 is 1.24 bits per heavy atom. The molecule has 0 saturated heterocycles. The molecule has 8 heteroatoms. The smallest absolute Gasteiger partial charge is 0.315 e. The summed E-state index contributed by atoms with van der Waals surface area (Å²) >= 11 is 0. The summed E-state index contributed by atoms with van der Waals surface area (Å²) in [4.78, 5) is 11.5. The normalized spacial score (nSPS) is 12.7. The van der Waals surface area contributed by atoms with Gasteiger partial charge in [-0.15, -0.1) is 0 Å². The van der Waals surface area contributed by atoms with E-state index in [2.05, 4.69) is 15.4 Å². The summed E-state index contributed by atoms with van der Waals surface area (Å²) in [5.74, 6) is -0.0777. The van der Waals surface area contributed by atoms with Gasteiger partial charge in [0.15, 0.2) is 0 Å². The van der Waals surface area contributed by atoms with E-state index in [4.69, 9.17) is 5.11 Å². The minimum Gasteiger partial charge on any atom is -0.394 e. The number of aliphatic hydroxyl groups excluding tert-OH is 1. The van der Waals surface area contributed by atoms with E-state index in [0.29, 0.717) is 12.1 Å². The Kier molecular flexibility index (Phi) is 6.60. The lowest BCUT2D eigenvalue weighted by atomic mass is 10.1. The zero-order valence-corrected chi connectivity index (χ0v) is 12.9. The Morgan fingerprint density at radius 3 is 2.33 bits per heavy atom. The number of nitrogens with one attached hydrogen (secondary N) is 3. The Balaban J connectivity index is 2.50. The van der Waals surface area contributed by atoms with Crippen LogP contribution >= 0.6 is 0 Å². The van der Waals surface area contributed by atoms with Crippen LogP contribution in [0.4, 0.5) is 4.79 Å². The number of amides is 2. The largest absolute Gasteiger partial charge is 0.394 e. The van der Waals surface area contributed by atoms with Crippen molar-refractivity contribution in [2.45, 2.75) is 25.3 Å². The standard InChI is InChI=1S/C13H21N3O4S/c1-10(8-17)16-13(18)15-7-11-3-5-12(6-4-11)9-21(19,20)14-2/h3-6,10,14,17H,7-9H2,1-2H3,(H2,15,16,18). The zero-order chi connectivity index (χ0) is 15.9. The summed E-state index contributed by atoms with van der Waals surface area (Å²) < 4.78 is 25.1. The van der Waals surface area contributed by atoms with Crippen LogP contribution in [0.15, 0.2) is 24.3 Å². The van der Waals surface area contributed by atoms with Gasteiger partial charge >= 0.3 is 6.03 Å². The number of urea groups is 1. The van der Waals surface area contributed by atoms with Crippen LogP contribution in [0.2, 0.25) is 0 Å². The van der Waals surface area contributed by atoms with Crippen molar-refractivity contribution in [1.29, 1.82) is 0 Å². The first kappa shape index (κ1) is 17.4. The lowest BCUT2D eigenvalue weighted by molar-refractivity contribution is 0.220. The van der Waals surface area contributed by atoms with Crippen molar-refractivity contribution in [3.63, 3.8) is 0 Å². The molecule has 0 aromatic heterocycles. The molecule has 0 aliphatic heterocycles. The number of sulfonamides is 1. The van der Waals surface area contributed by atoms with E-state index in [1.807, 2.05) is 0 Å². The number of hydrogen-bond donors (Lipinski definition) is 4. The highest BCUT2D eigenvalue weighted by atomic mass is 32.2. The van der Waals surface area contributed by atoms with Crippen LogP contribution in [0.1, 0.15) is 18.1 Å². The Bertz CT molecular complexity index is 557. The molecule has 1 aromatic carbocycles. The zero-order valence-electron chi connectivity index (χ0n) is 12.1. The van der Waals surface area contributed by atoms with E-state index in [-0.39, 0.29) is 24.4 Å². The highest BCUT2D eigenvalue weighted by Crippen LogP contribution is 2.07. The van der Waals surface area contributed by atoms with E-state index in [1.54, 1.807) is 31.2 Å². The molecule has 1 unspecified atom stereocenters. The average molecular weight is 315 g/mol. The van der Waals surface area contributed by atoms with Gasteiger partial charge in [0.25, 0.3) is 0 Å². The number of benzene rings is 1. The molecule has 118 valence electrons. The molecule has 0 saturated carbocycles. The highest BCUT2D eigenvalue weighted by Gasteiger charge is 2.08. The summed E-state index contributed by atoms with van der Waals surface area (Å²) in [7, 11) is -1.91.